The summed E-state index contributed by atoms with van der Waals surface area (Å²) in [5, 5.41) is 3.34. The van der Waals surface area contributed by atoms with E-state index < -0.39 is 0 Å². The lowest BCUT2D eigenvalue weighted by molar-refractivity contribution is -0.129. The fourth-order valence-corrected chi connectivity index (χ4v) is 2.39. The summed E-state index contributed by atoms with van der Waals surface area (Å²) in [6.45, 7) is 8.59. The first kappa shape index (κ1) is 14.1. The molecule has 1 aliphatic rings. The number of aromatic nitrogens is 2. The summed E-state index contributed by atoms with van der Waals surface area (Å²) in [4.78, 5) is 18.4. The van der Waals surface area contributed by atoms with E-state index in [9.17, 15) is 4.79 Å². The van der Waals surface area contributed by atoms with Gasteiger partial charge in [-0.25, -0.2) is 4.98 Å². The predicted molar refractivity (Wildman–Crippen MR) is 75.0 cm³/mol. The third-order valence-electron chi connectivity index (χ3n) is 3.45. The highest BCUT2D eigenvalue weighted by Crippen LogP contribution is 2.26. The quantitative estimate of drug-likeness (QED) is 0.864. The summed E-state index contributed by atoms with van der Waals surface area (Å²) in [5.41, 5.74) is 2.27. The molecule has 0 saturated carbocycles. The van der Waals surface area contributed by atoms with Crippen molar-refractivity contribution in [2.24, 2.45) is 0 Å². The van der Waals surface area contributed by atoms with Crippen LogP contribution in [0.1, 0.15) is 38.0 Å². The second-order valence-electron chi connectivity index (χ2n) is 6.38. The zero-order chi connectivity index (χ0) is 14.2. The van der Waals surface area contributed by atoms with Gasteiger partial charge < -0.3 is 14.8 Å². The Morgan fingerprint density at radius 1 is 1.42 bits per heavy atom. The molecule has 19 heavy (non-hydrogen) atoms. The highest BCUT2D eigenvalue weighted by Gasteiger charge is 2.28. The van der Waals surface area contributed by atoms with Gasteiger partial charge in [0.25, 0.3) is 0 Å². The summed E-state index contributed by atoms with van der Waals surface area (Å²) in [5.74, 6) is 1.13. The minimum atomic E-state index is -0.0517. The van der Waals surface area contributed by atoms with Crippen molar-refractivity contribution in [2.75, 3.05) is 20.6 Å². The fourth-order valence-electron chi connectivity index (χ4n) is 2.39. The van der Waals surface area contributed by atoms with Gasteiger partial charge in [0.05, 0.1) is 5.69 Å². The Hall–Kier alpha value is -1.36. The molecule has 106 valence electrons. The zero-order valence-electron chi connectivity index (χ0n) is 12.6. The summed E-state index contributed by atoms with van der Waals surface area (Å²) >= 11 is 0. The van der Waals surface area contributed by atoms with Crippen molar-refractivity contribution in [1.82, 2.24) is 19.8 Å². The van der Waals surface area contributed by atoms with Crippen molar-refractivity contribution in [3.05, 3.63) is 17.2 Å². The van der Waals surface area contributed by atoms with Crippen molar-refractivity contribution in [2.45, 2.75) is 45.7 Å². The number of rotatable bonds is 2. The molecule has 0 bridgehead atoms. The standard InChI is InChI=1S/C14H24N4O/c1-14(2,3)13-16-10-8-15-7-6-11(10)18(13)9-12(19)17(4)5/h15H,6-9H2,1-5H3. The Labute approximate surface area is 115 Å². The van der Waals surface area contributed by atoms with Crippen LogP contribution in [0.3, 0.4) is 0 Å². The molecule has 0 unspecified atom stereocenters. The molecule has 1 N–H and O–H groups in total. The topological polar surface area (TPSA) is 50.2 Å². The van der Waals surface area contributed by atoms with Crippen LogP contribution in [0.2, 0.25) is 0 Å². The Kier molecular flexibility index (Phi) is 3.67. The molecule has 0 aliphatic carbocycles. The van der Waals surface area contributed by atoms with E-state index in [0.29, 0.717) is 6.54 Å². The van der Waals surface area contributed by atoms with Crippen molar-refractivity contribution in [3.63, 3.8) is 0 Å². The minimum Gasteiger partial charge on any atom is -0.347 e. The highest BCUT2D eigenvalue weighted by atomic mass is 16.2. The maximum absolute atomic E-state index is 12.0. The zero-order valence-corrected chi connectivity index (χ0v) is 12.6. The van der Waals surface area contributed by atoms with Gasteiger partial charge in [-0.1, -0.05) is 20.8 Å². The van der Waals surface area contributed by atoms with Crippen molar-refractivity contribution < 1.29 is 4.79 Å². The van der Waals surface area contributed by atoms with E-state index in [0.717, 1.165) is 31.0 Å². The molecule has 0 fully saturated rings. The molecule has 5 nitrogen and oxygen atoms in total. The van der Waals surface area contributed by atoms with Gasteiger partial charge in [-0.05, 0) is 0 Å². The van der Waals surface area contributed by atoms with Gasteiger partial charge in [0.2, 0.25) is 5.91 Å². The lowest BCUT2D eigenvalue weighted by atomic mass is 9.95. The molecule has 0 spiro atoms. The van der Waals surface area contributed by atoms with E-state index in [-0.39, 0.29) is 11.3 Å². The number of hydrogen-bond donors (Lipinski definition) is 1. The number of hydrogen-bond acceptors (Lipinski definition) is 3. The van der Waals surface area contributed by atoms with Gasteiger partial charge in [-0.3, -0.25) is 4.79 Å². The molecule has 0 atom stereocenters. The third-order valence-corrected chi connectivity index (χ3v) is 3.45. The lowest BCUT2D eigenvalue weighted by Crippen LogP contribution is -2.31. The van der Waals surface area contributed by atoms with E-state index >= 15 is 0 Å². The maximum Gasteiger partial charge on any atom is 0.242 e. The molecule has 1 amide bonds. The number of nitrogens with one attached hydrogen (secondary N) is 1. The molecular weight excluding hydrogens is 240 g/mol. The lowest BCUT2D eigenvalue weighted by Gasteiger charge is -2.22. The Morgan fingerprint density at radius 3 is 2.68 bits per heavy atom. The van der Waals surface area contributed by atoms with Crippen LogP contribution in [0, 0.1) is 0 Å². The van der Waals surface area contributed by atoms with E-state index in [1.807, 2.05) is 0 Å². The fraction of sp³-hybridized carbons (Fsp3) is 0.714. The maximum atomic E-state index is 12.0. The molecule has 5 heteroatoms. The number of fused-ring (bicyclic) bond motifs is 1. The van der Waals surface area contributed by atoms with Crippen LogP contribution >= 0.6 is 0 Å². The average molecular weight is 264 g/mol. The molecule has 0 radical (unpaired) electrons. The molecule has 2 rings (SSSR count). The number of nitrogens with zero attached hydrogens (tertiary/aromatic N) is 3. The van der Waals surface area contributed by atoms with Gasteiger partial charge in [-0.2, -0.15) is 0 Å². The van der Waals surface area contributed by atoms with E-state index in [1.54, 1.807) is 19.0 Å². The molecule has 0 saturated heterocycles. The molecule has 0 aromatic carbocycles. The average Bonchev–Trinajstić information content (AvgIpc) is 2.68. The van der Waals surface area contributed by atoms with Gasteiger partial charge >= 0.3 is 0 Å². The van der Waals surface area contributed by atoms with Gasteiger partial charge in [0.1, 0.15) is 12.4 Å². The Bertz CT molecular complexity index is 482. The number of carbonyl (C=O) groups is 1. The normalized spacial score (nSPS) is 15.2. The largest absolute Gasteiger partial charge is 0.347 e. The third kappa shape index (κ3) is 2.81. The second kappa shape index (κ2) is 4.96. The van der Waals surface area contributed by atoms with E-state index in [4.69, 9.17) is 4.98 Å². The van der Waals surface area contributed by atoms with Crippen LogP contribution < -0.4 is 5.32 Å². The number of amides is 1. The van der Waals surface area contributed by atoms with Crippen LogP contribution in [-0.2, 0) is 29.7 Å². The first-order valence-corrected chi connectivity index (χ1v) is 6.80. The van der Waals surface area contributed by atoms with Gasteiger partial charge in [0.15, 0.2) is 0 Å². The van der Waals surface area contributed by atoms with Crippen LogP contribution in [0.25, 0.3) is 0 Å². The molecule has 1 aliphatic heterocycles. The van der Waals surface area contributed by atoms with E-state index in [2.05, 4.69) is 30.7 Å². The van der Waals surface area contributed by atoms with Crippen molar-refractivity contribution in [1.29, 1.82) is 0 Å². The molecule has 1 aromatic rings. The molecular formula is C14H24N4O. The summed E-state index contributed by atoms with van der Waals surface area (Å²) in [6, 6.07) is 0. The monoisotopic (exact) mass is 264 g/mol. The smallest absolute Gasteiger partial charge is 0.242 e. The predicted octanol–water partition coefficient (Wildman–Crippen LogP) is 0.914. The second-order valence-corrected chi connectivity index (χ2v) is 6.38. The number of likely N-dealkylation sites (N-methyl/N-ethyl adjacent to an activating group) is 1. The number of carbonyl (C=O) groups excluding carboxylic acids is 1. The Balaban J connectivity index is 2.43. The van der Waals surface area contributed by atoms with E-state index in [1.165, 1.54) is 5.69 Å². The number of imidazole rings is 1. The summed E-state index contributed by atoms with van der Waals surface area (Å²) in [6.07, 6.45) is 0.944. The van der Waals surface area contributed by atoms with Gasteiger partial charge in [-0.15, -0.1) is 0 Å². The van der Waals surface area contributed by atoms with Crippen LogP contribution in [0.5, 0.6) is 0 Å². The minimum absolute atomic E-state index is 0.0517. The molecule has 1 aromatic heterocycles. The first-order valence-electron chi connectivity index (χ1n) is 6.80. The summed E-state index contributed by atoms with van der Waals surface area (Å²) in [7, 11) is 3.59. The van der Waals surface area contributed by atoms with Crippen LogP contribution in [-0.4, -0.2) is 41.0 Å². The SMILES string of the molecule is CN(C)C(=O)Cn1c(C(C)(C)C)nc2c1CCNC2. The van der Waals surface area contributed by atoms with Crippen molar-refractivity contribution in [3.8, 4) is 0 Å². The Morgan fingerprint density at radius 2 is 2.11 bits per heavy atom. The summed E-state index contributed by atoms with van der Waals surface area (Å²) < 4.78 is 2.12. The first-order chi connectivity index (χ1) is 8.80. The molecule has 2 heterocycles. The van der Waals surface area contributed by atoms with Gasteiger partial charge in [0, 0.05) is 44.7 Å². The highest BCUT2D eigenvalue weighted by molar-refractivity contribution is 5.75. The van der Waals surface area contributed by atoms with Crippen LogP contribution in [0.4, 0.5) is 0 Å². The van der Waals surface area contributed by atoms with Crippen LogP contribution in [0.15, 0.2) is 0 Å². The van der Waals surface area contributed by atoms with Crippen molar-refractivity contribution >= 4 is 5.91 Å².